The molecule has 0 heterocycles. The molecule has 0 aromatic rings. The Bertz CT molecular complexity index is 355. The number of carbonyl (C=O) groups is 1. The average Bonchev–Trinajstić information content (AvgIpc) is 2.95. The maximum atomic E-state index is 11.8. The molecule has 1 rings (SSSR count). The van der Waals surface area contributed by atoms with Crippen molar-refractivity contribution in [2.75, 3.05) is 27.2 Å². The lowest BCUT2D eigenvalue weighted by Crippen LogP contribution is -2.46. The van der Waals surface area contributed by atoms with Crippen LogP contribution in [0.1, 0.15) is 46.0 Å². The molecule has 1 aliphatic rings. The number of nitrogens with zero attached hydrogens (tertiary/aromatic N) is 1. The molecule has 0 atom stereocenters. The van der Waals surface area contributed by atoms with Crippen LogP contribution < -0.4 is 16.0 Å². The fourth-order valence-corrected chi connectivity index (χ4v) is 2.25. The third-order valence-corrected chi connectivity index (χ3v) is 3.82. The maximum Gasteiger partial charge on any atom is 0.221 e. The number of methoxy groups -OCH3 is 1. The molecule has 0 aliphatic heterocycles. The third-order valence-electron chi connectivity index (χ3n) is 3.82. The van der Waals surface area contributed by atoms with Crippen molar-refractivity contribution in [2.24, 2.45) is 4.99 Å². The van der Waals surface area contributed by atoms with Crippen molar-refractivity contribution in [2.45, 2.75) is 57.6 Å². The summed E-state index contributed by atoms with van der Waals surface area (Å²) in [6.45, 7) is 5.23. The minimum Gasteiger partial charge on any atom is -0.377 e. The zero-order valence-electron chi connectivity index (χ0n) is 14.2. The van der Waals surface area contributed by atoms with E-state index in [4.69, 9.17) is 4.74 Å². The summed E-state index contributed by atoms with van der Waals surface area (Å²) >= 11 is 0. The lowest BCUT2D eigenvalue weighted by atomic mass is 10.1. The van der Waals surface area contributed by atoms with E-state index >= 15 is 0 Å². The highest BCUT2D eigenvalue weighted by atomic mass is 127. The molecule has 1 fully saturated rings. The van der Waals surface area contributed by atoms with Crippen LogP contribution in [0.25, 0.3) is 0 Å². The Balaban J connectivity index is 0.00000441. The van der Waals surface area contributed by atoms with Crippen LogP contribution in [0.2, 0.25) is 0 Å². The van der Waals surface area contributed by atoms with Gasteiger partial charge in [0, 0.05) is 39.7 Å². The van der Waals surface area contributed by atoms with Crippen molar-refractivity contribution in [1.82, 2.24) is 16.0 Å². The molecule has 0 bridgehead atoms. The molecular weight excluding hydrogens is 395 g/mol. The third kappa shape index (κ3) is 8.77. The molecule has 1 saturated carbocycles. The van der Waals surface area contributed by atoms with Crippen LogP contribution in [0, 0.1) is 0 Å². The minimum atomic E-state index is -0.253. The van der Waals surface area contributed by atoms with E-state index in [2.05, 4.69) is 20.9 Å². The van der Waals surface area contributed by atoms with Crippen molar-refractivity contribution in [3.63, 3.8) is 0 Å². The van der Waals surface area contributed by atoms with Crippen molar-refractivity contribution >= 4 is 35.8 Å². The van der Waals surface area contributed by atoms with E-state index in [-0.39, 0.29) is 35.5 Å². The predicted molar refractivity (Wildman–Crippen MR) is 101 cm³/mol. The number of guanidine groups is 1. The summed E-state index contributed by atoms with van der Waals surface area (Å²) in [6, 6.07) is 0.387. The van der Waals surface area contributed by atoms with Crippen molar-refractivity contribution < 1.29 is 9.53 Å². The molecule has 0 unspecified atom stereocenters. The van der Waals surface area contributed by atoms with Crippen LogP contribution in [0.3, 0.4) is 0 Å². The second kappa shape index (κ2) is 11.0. The number of carbonyl (C=O) groups excluding carboxylic acids is 1. The molecule has 130 valence electrons. The number of hydrogen-bond acceptors (Lipinski definition) is 3. The first-order chi connectivity index (χ1) is 9.96. The summed E-state index contributed by atoms with van der Waals surface area (Å²) in [4.78, 5) is 15.9. The Labute approximate surface area is 151 Å². The summed E-state index contributed by atoms with van der Waals surface area (Å²) in [7, 11) is 3.40. The number of ether oxygens (including phenoxy) is 1. The second-order valence-corrected chi connectivity index (χ2v) is 6.12. The van der Waals surface area contributed by atoms with Crippen molar-refractivity contribution in [1.29, 1.82) is 0 Å². The number of amides is 1. The first kappa shape index (κ1) is 21.4. The fraction of sp³-hybridized carbons (Fsp3) is 0.867. The molecular formula is C15H31IN4O2. The number of halogens is 1. The monoisotopic (exact) mass is 426 g/mol. The highest BCUT2D eigenvalue weighted by Crippen LogP contribution is 2.17. The molecule has 0 spiro atoms. The summed E-state index contributed by atoms with van der Waals surface area (Å²) in [5.41, 5.74) is -0.253. The lowest BCUT2D eigenvalue weighted by molar-refractivity contribution is -0.121. The maximum absolute atomic E-state index is 11.8. The van der Waals surface area contributed by atoms with Crippen LogP contribution in [-0.4, -0.2) is 50.8 Å². The van der Waals surface area contributed by atoms with E-state index in [1.54, 1.807) is 14.2 Å². The van der Waals surface area contributed by atoms with E-state index in [9.17, 15) is 4.79 Å². The van der Waals surface area contributed by atoms with Gasteiger partial charge in [-0.3, -0.25) is 9.79 Å². The SMILES string of the molecule is CN=C(NCCC(=O)NC1CCCC1)NCC(C)(C)OC.I. The molecule has 7 heteroatoms. The van der Waals surface area contributed by atoms with Gasteiger partial charge in [-0.15, -0.1) is 24.0 Å². The van der Waals surface area contributed by atoms with E-state index in [0.717, 1.165) is 12.8 Å². The minimum absolute atomic E-state index is 0. The largest absolute Gasteiger partial charge is 0.377 e. The van der Waals surface area contributed by atoms with Crippen LogP contribution in [-0.2, 0) is 9.53 Å². The number of hydrogen-bond donors (Lipinski definition) is 3. The van der Waals surface area contributed by atoms with Gasteiger partial charge in [0.15, 0.2) is 5.96 Å². The van der Waals surface area contributed by atoms with Crippen molar-refractivity contribution in [3.05, 3.63) is 0 Å². The van der Waals surface area contributed by atoms with Gasteiger partial charge in [-0.2, -0.15) is 0 Å². The summed E-state index contributed by atoms with van der Waals surface area (Å²) in [6.07, 6.45) is 5.16. The van der Waals surface area contributed by atoms with Crippen LogP contribution in [0.4, 0.5) is 0 Å². The fourth-order valence-electron chi connectivity index (χ4n) is 2.25. The molecule has 0 radical (unpaired) electrons. The molecule has 22 heavy (non-hydrogen) atoms. The predicted octanol–water partition coefficient (Wildman–Crippen LogP) is 1.64. The van der Waals surface area contributed by atoms with Gasteiger partial charge in [0.05, 0.1) is 5.60 Å². The number of nitrogens with one attached hydrogen (secondary N) is 3. The number of rotatable bonds is 7. The normalized spacial score (nSPS) is 16.1. The average molecular weight is 426 g/mol. The van der Waals surface area contributed by atoms with Gasteiger partial charge in [0.25, 0.3) is 0 Å². The number of aliphatic imine (C=N–C) groups is 1. The first-order valence-corrected chi connectivity index (χ1v) is 7.76. The smallest absolute Gasteiger partial charge is 0.221 e. The molecule has 0 aromatic heterocycles. The van der Waals surface area contributed by atoms with Crippen LogP contribution >= 0.6 is 24.0 Å². The van der Waals surface area contributed by atoms with E-state index in [0.29, 0.717) is 31.5 Å². The Kier molecular flexibility index (Phi) is 10.8. The van der Waals surface area contributed by atoms with E-state index in [1.165, 1.54) is 12.8 Å². The first-order valence-electron chi connectivity index (χ1n) is 7.76. The highest BCUT2D eigenvalue weighted by molar-refractivity contribution is 14.0. The Morgan fingerprint density at radius 3 is 2.45 bits per heavy atom. The van der Waals surface area contributed by atoms with Gasteiger partial charge >= 0.3 is 0 Å². The molecule has 1 aliphatic carbocycles. The standard InChI is InChI=1S/C15H30N4O2.HI/c1-15(2,21-4)11-18-14(16-3)17-10-9-13(20)19-12-7-5-6-8-12;/h12H,5-11H2,1-4H3,(H,19,20)(H2,16,17,18);1H. The van der Waals surface area contributed by atoms with Gasteiger partial charge in [0.2, 0.25) is 5.91 Å². The van der Waals surface area contributed by atoms with Gasteiger partial charge in [-0.25, -0.2) is 0 Å². The molecule has 0 aromatic carbocycles. The van der Waals surface area contributed by atoms with Crippen molar-refractivity contribution in [3.8, 4) is 0 Å². The Hall–Kier alpha value is -0.570. The Morgan fingerprint density at radius 1 is 1.27 bits per heavy atom. The van der Waals surface area contributed by atoms with Gasteiger partial charge < -0.3 is 20.7 Å². The zero-order valence-corrected chi connectivity index (χ0v) is 16.5. The van der Waals surface area contributed by atoms with Gasteiger partial charge in [0.1, 0.15) is 0 Å². The van der Waals surface area contributed by atoms with E-state index < -0.39 is 0 Å². The zero-order chi connectivity index (χ0) is 15.7. The quantitative estimate of drug-likeness (QED) is 0.329. The molecule has 0 saturated heterocycles. The summed E-state index contributed by atoms with van der Waals surface area (Å²) in [5.74, 6) is 0.802. The van der Waals surface area contributed by atoms with Crippen LogP contribution in [0.5, 0.6) is 0 Å². The van der Waals surface area contributed by atoms with Gasteiger partial charge in [-0.1, -0.05) is 12.8 Å². The second-order valence-electron chi connectivity index (χ2n) is 6.12. The topological polar surface area (TPSA) is 74.8 Å². The Morgan fingerprint density at radius 2 is 1.91 bits per heavy atom. The molecule has 3 N–H and O–H groups in total. The van der Waals surface area contributed by atoms with Gasteiger partial charge in [-0.05, 0) is 26.7 Å². The molecule has 6 nitrogen and oxygen atoms in total. The van der Waals surface area contributed by atoms with E-state index in [1.807, 2.05) is 13.8 Å². The van der Waals surface area contributed by atoms with Crippen LogP contribution in [0.15, 0.2) is 4.99 Å². The molecule has 1 amide bonds. The summed E-state index contributed by atoms with van der Waals surface area (Å²) < 4.78 is 5.34. The lowest BCUT2D eigenvalue weighted by Gasteiger charge is -2.24. The summed E-state index contributed by atoms with van der Waals surface area (Å²) in [5, 5.41) is 9.41. The highest BCUT2D eigenvalue weighted by Gasteiger charge is 2.18.